The molecule has 40 valence electrons. The van der Waals surface area contributed by atoms with Gasteiger partial charge in [-0.25, -0.2) is 0 Å². The molecule has 0 saturated heterocycles. The molecule has 0 aliphatic carbocycles. The lowest BCUT2D eigenvalue weighted by molar-refractivity contribution is 0.522. The maximum Gasteiger partial charge on any atom is 0.0852 e. The van der Waals surface area contributed by atoms with Gasteiger partial charge in [-0.05, 0) is 6.92 Å². The monoisotopic (exact) mass is 98.1 g/mol. The molecule has 0 bridgehead atoms. The van der Waals surface area contributed by atoms with Gasteiger partial charge in [-0.2, -0.15) is 0 Å². The molecule has 0 spiro atoms. The Bertz CT molecular complexity index is 78.1. The average Bonchev–Trinajstić information content (AvgIpc) is 1.87. The molecule has 1 rings (SSSR count). The van der Waals surface area contributed by atoms with Crippen molar-refractivity contribution in [2.75, 3.05) is 13.6 Å². The maximum atomic E-state index is 4.12. The fourth-order valence-corrected chi connectivity index (χ4v) is 0.739. The predicted octanol–water partition coefficient (Wildman–Crippen LogP) is 0.349. The summed E-state index contributed by atoms with van der Waals surface area (Å²) in [7, 11) is 2.03. The molecule has 1 aliphatic heterocycles. The Balaban J connectivity index is 2.42. The first-order valence-electron chi connectivity index (χ1n) is 2.52. The van der Waals surface area contributed by atoms with Gasteiger partial charge in [0.15, 0.2) is 0 Å². The number of hydrogen-bond acceptors (Lipinski definition) is 2. The Kier molecular flexibility index (Phi) is 1.01. The van der Waals surface area contributed by atoms with Gasteiger partial charge in [-0.1, -0.05) is 0 Å². The fraction of sp³-hybridized carbons (Fsp3) is 0.800. The van der Waals surface area contributed by atoms with E-state index in [4.69, 9.17) is 0 Å². The SMILES string of the molecule is C[C@@H]1CN(C)C=N1. The summed E-state index contributed by atoms with van der Waals surface area (Å²) in [5.41, 5.74) is 0. The molecule has 2 nitrogen and oxygen atoms in total. The van der Waals surface area contributed by atoms with Gasteiger partial charge in [0.25, 0.3) is 0 Å². The highest BCUT2D eigenvalue weighted by Gasteiger charge is 2.05. The van der Waals surface area contributed by atoms with Crippen LogP contribution >= 0.6 is 0 Å². The van der Waals surface area contributed by atoms with E-state index in [1.165, 1.54) is 0 Å². The number of aliphatic imine (C=N–C) groups is 1. The largest absolute Gasteiger partial charge is 0.364 e. The molecule has 1 aliphatic rings. The molecule has 2 heteroatoms. The molecule has 0 saturated carbocycles. The van der Waals surface area contributed by atoms with Crippen LogP contribution in [0.5, 0.6) is 0 Å². The summed E-state index contributed by atoms with van der Waals surface area (Å²) in [6, 6.07) is 0.519. The normalized spacial score (nSPS) is 29.4. The van der Waals surface area contributed by atoms with E-state index in [0.717, 1.165) is 6.54 Å². The van der Waals surface area contributed by atoms with Crippen LogP contribution in [0.15, 0.2) is 4.99 Å². The molecule has 0 radical (unpaired) electrons. The van der Waals surface area contributed by atoms with Gasteiger partial charge in [0.2, 0.25) is 0 Å². The second-order valence-corrected chi connectivity index (χ2v) is 2.05. The fourth-order valence-electron chi connectivity index (χ4n) is 0.739. The van der Waals surface area contributed by atoms with Crippen LogP contribution in [0.2, 0.25) is 0 Å². The Hall–Kier alpha value is -0.530. The van der Waals surface area contributed by atoms with E-state index in [1.807, 2.05) is 13.4 Å². The van der Waals surface area contributed by atoms with Crippen molar-refractivity contribution in [3.05, 3.63) is 0 Å². The molecular weight excluding hydrogens is 88.1 g/mol. The van der Waals surface area contributed by atoms with Crippen molar-refractivity contribution in [3.63, 3.8) is 0 Å². The van der Waals surface area contributed by atoms with E-state index in [2.05, 4.69) is 16.8 Å². The second kappa shape index (κ2) is 1.52. The van der Waals surface area contributed by atoms with E-state index in [-0.39, 0.29) is 0 Å². The molecule has 0 N–H and O–H groups in total. The topological polar surface area (TPSA) is 15.6 Å². The van der Waals surface area contributed by atoms with Gasteiger partial charge in [-0.15, -0.1) is 0 Å². The van der Waals surface area contributed by atoms with E-state index in [9.17, 15) is 0 Å². The van der Waals surface area contributed by atoms with E-state index < -0.39 is 0 Å². The molecular formula is C5H10N2. The summed E-state index contributed by atoms with van der Waals surface area (Å²) in [6.07, 6.45) is 1.88. The van der Waals surface area contributed by atoms with Gasteiger partial charge in [0.1, 0.15) is 0 Å². The van der Waals surface area contributed by atoms with Crippen molar-refractivity contribution in [2.24, 2.45) is 4.99 Å². The smallest absolute Gasteiger partial charge is 0.0852 e. The Morgan fingerprint density at radius 2 is 2.57 bits per heavy atom. The lowest BCUT2D eigenvalue weighted by Crippen LogP contribution is -2.15. The summed E-state index contributed by atoms with van der Waals surface area (Å²) < 4.78 is 0. The quantitative estimate of drug-likeness (QED) is 0.427. The molecule has 0 unspecified atom stereocenters. The minimum atomic E-state index is 0.519. The van der Waals surface area contributed by atoms with Crippen LogP contribution in [0.1, 0.15) is 6.92 Å². The van der Waals surface area contributed by atoms with E-state index in [0.29, 0.717) is 6.04 Å². The highest BCUT2D eigenvalue weighted by Crippen LogP contribution is 1.97. The Morgan fingerprint density at radius 3 is 2.71 bits per heavy atom. The zero-order valence-corrected chi connectivity index (χ0v) is 4.76. The third kappa shape index (κ3) is 0.918. The van der Waals surface area contributed by atoms with Crippen molar-refractivity contribution in [2.45, 2.75) is 13.0 Å². The third-order valence-corrected chi connectivity index (χ3v) is 1.07. The number of nitrogens with zero attached hydrogens (tertiary/aromatic N) is 2. The number of likely N-dealkylation sites (N-methyl/N-ethyl adjacent to an activating group) is 1. The van der Waals surface area contributed by atoms with Gasteiger partial charge in [-0.3, -0.25) is 4.99 Å². The van der Waals surface area contributed by atoms with Crippen LogP contribution in [0.3, 0.4) is 0 Å². The zero-order chi connectivity index (χ0) is 5.28. The summed E-state index contributed by atoms with van der Waals surface area (Å²) >= 11 is 0. The van der Waals surface area contributed by atoms with Crippen LogP contribution in [-0.2, 0) is 0 Å². The van der Waals surface area contributed by atoms with Crippen molar-refractivity contribution in [3.8, 4) is 0 Å². The first-order valence-corrected chi connectivity index (χ1v) is 2.52. The molecule has 1 heterocycles. The minimum Gasteiger partial charge on any atom is -0.364 e. The molecule has 0 aromatic rings. The minimum absolute atomic E-state index is 0.519. The highest BCUT2D eigenvalue weighted by molar-refractivity contribution is 5.57. The van der Waals surface area contributed by atoms with Crippen LogP contribution in [0, 0.1) is 0 Å². The van der Waals surface area contributed by atoms with Gasteiger partial charge >= 0.3 is 0 Å². The van der Waals surface area contributed by atoms with E-state index in [1.54, 1.807) is 0 Å². The molecule has 1 atom stereocenters. The van der Waals surface area contributed by atoms with Crippen molar-refractivity contribution < 1.29 is 0 Å². The first kappa shape index (κ1) is 4.62. The predicted molar refractivity (Wildman–Crippen MR) is 30.6 cm³/mol. The Labute approximate surface area is 43.8 Å². The van der Waals surface area contributed by atoms with Gasteiger partial charge in [0.05, 0.1) is 12.4 Å². The van der Waals surface area contributed by atoms with Gasteiger partial charge in [0, 0.05) is 13.6 Å². The van der Waals surface area contributed by atoms with Crippen molar-refractivity contribution >= 4 is 6.34 Å². The lowest BCUT2D eigenvalue weighted by Gasteiger charge is -2.03. The summed E-state index contributed by atoms with van der Waals surface area (Å²) in [5.74, 6) is 0. The third-order valence-electron chi connectivity index (χ3n) is 1.07. The molecule has 0 aromatic heterocycles. The first-order chi connectivity index (χ1) is 3.29. The molecule has 0 amide bonds. The Morgan fingerprint density at radius 1 is 1.86 bits per heavy atom. The van der Waals surface area contributed by atoms with Crippen molar-refractivity contribution in [1.82, 2.24) is 4.90 Å². The summed E-state index contributed by atoms with van der Waals surface area (Å²) in [5, 5.41) is 0. The lowest BCUT2D eigenvalue weighted by atomic mass is 10.4. The van der Waals surface area contributed by atoms with Crippen LogP contribution in [-0.4, -0.2) is 30.9 Å². The van der Waals surface area contributed by atoms with E-state index >= 15 is 0 Å². The number of rotatable bonds is 0. The average molecular weight is 98.1 g/mol. The summed E-state index contributed by atoms with van der Waals surface area (Å²) in [6.45, 7) is 3.19. The molecule has 7 heavy (non-hydrogen) atoms. The van der Waals surface area contributed by atoms with Gasteiger partial charge < -0.3 is 4.90 Å². The standard InChI is InChI=1S/C5H10N2/c1-5-3-7(2)4-6-5/h4-5H,3H2,1-2H3/t5-/m1/s1. The van der Waals surface area contributed by atoms with Crippen molar-refractivity contribution in [1.29, 1.82) is 0 Å². The maximum absolute atomic E-state index is 4.12. The number of hydrogen-bond donors (Lipinski definition) is 0. The molecule has 0 fully saturated rings. The van der Waals surface area contributed by atoms with Crippen LogP contribution in [0.4, 0.5) is 0 Å². The molecule has 0 aromatic carbocycles. The summed E-state index contributed by atoms with van der Waals surface area (Å²) in [4.78, 5) is 6.21. The second-order valence-electron chi connectivity index (χ2n) is 2.05. The van der Waals surface area contributed by atoms with Crippen LogP contribution < -0.4 is 0 Å². The zero-order valence-electron chi connectivity index (χ0n) is 4.76. The van der Waals surface area contributed by atoms with Crippen LogP contribution in [0.25, 0.3) is 0 Å². The highest BCUT2D eigenvalue weighted by atomic mass is 15.2.